The third-order valence-electron chi connectivity index (χ3n) is 2.75. The van der Waals surface area contributed by atoms with Gasteiger partial charge < -0.3 is 14.8 Å². The Kier molecular flexibility index (Phi) is 7.46. The quantitative estimate of drug-likeness (QED) is 0.685. The van der Waals surface area contributed by atoms with E-state index in [1.807, 2.05) is 12.1 Å². The van der Waals surface area contributed by atoms with Crippen molar-refractivity contribution in [3.05, 3.63) is 29.8 Å². The highest BCUT2D eigenvalue weighted by atomic mass is 16.5. The summed E-state index contributed by atoms with van der Waals surface area (Å²) in [5.74, 6) is 1.62. The van der Waals surface area contributed by atoms with Gasteiger partial charge in [0, 0.05) is 19.7 Å². The van der Waals surface area contributed by atoms with Crippen molar-refractivity contribution >= 4 is 0 Å². The number of ether oxygens (including phenoxy) is 2. The Morgan fingerprint density at radius 1 is 1.11 bits per heavy atom. The van der Waals surface area contributed by atoms with Crippen LogP contribution in [0.4, 0.5) is 0 Å². The molecule has 1 aromatic rings. The van der Waals surface area contributed by atoms with Crippen LogP contribution in [0.5, 0.6) is 5.75 Å². The highest BCUT2D eigenvalue weighted by Gasteiger charge is 1.95. The molecule has 18 heavy (non-hydrogen) atoms. The summed E-state index contributed by atoms with van der Waals surface area (Å²) in [7, 11) is 1.68. The van der Waals surface area contributed by atoms with E-state index in [0.29, 0.717) is 0 Å². The van der Waals surface area contributed by atoms with Gasteiger partial charge in [-0.2, -0.15) is 0 Å². The van der Waals surface area contributed by atoms with Crippen LogP contribution in [-0.2, 0) is 11.3 Å². The van der Waals surface area contributed by atoms with Gasteiger partial charge in [-0.1, -0.05) is 26.0 Å². The Hall–Kier alpha value is -1.06. The average Bonchev–Trinajstić information content (AvgIpc) is 2.38. The molecule has 0 fully saturated rings. The first-order valence-electron chi connectivity index (χ1n) is 6.63. The predicted molar refractivity (Wildman–Crippen MR) is 75.0 cm³/mol. The van der Waals surface area contributed by atoms with Crippen molar-refractivity contribution in [3.8, 4) is 5.75 Å². The lowest BCUT2D eigenvalue weighted by Crippen LogP contribution is -2.19. The average molecular weight is 251 g/mol. The molecule has 0 spiro atoms. The summed E-state index contributed by atoms with van der Waals surface area (Å²) in [5.41, 5.74) is 1.26. The van der Waals surface area contributed by atoms with Gasteiger partial charge in [0.1, 0.15) is 5.75 Å². The maximum absolute atomic E-state index is 5.54. The van der Waals surface area contributed by atoms with Gasteiger partial charge in [-0.15, -0.1) is 0 Å². The number of rotatable bonds is 9. The molecule has 1 aromatic carbocycles. The lowest BCUT2D eigenvalue weighted by atomic mass is 10.1. The van der Waals surface area contributed by atoms with Crippen LogP contribution in [0.15, 0.2) is 24.3 Å². The van der Waals surface area contributed by atoms with E-state index in [1.54, 1.807) is 7.11 Å². The summed E-state index contributed by atoms with van der Waals surface area (Å²) >= 11 is 0. The first-order valence-corrected chi connectivity index (χ1v) is 6.63. The Bertz CT molecular complexity index is 309. The lowest BCUT2D eigenvalue weighted by Gasteiger charge is -2.08. The molecule has 0 radical (unpaired) electrons. The van der Waals surface area contributed by atoms with Gasteiger partial charge in [-0.3, -0.25) is 0 Å². The number of nitrogens with one attached hydrogen (secondary N) is 1. The van der Waals surface area contributed by atoms with Crippen LogP contribution in [0.25, 0.3) is 0 Å². The SMILES string of the molecule is COc1ccc(CNCCOCCC(C)C)cc1. The van der Waals surface area contributed by atoms with E-state index in [9.17, 15) is 0 Å². The van der Waals surface area contributed by atoms with Crippen molar-refractivity contribution in [2.24, 2.45) is 5.92 Å². The summed E-state index contributed by atoms with van der Waals surface area (Å²) < 4.78 is 10.7. The maximum Gasteiger partial charge on any atom is 0.118 e. The van der Waals surface area contributed by atoms with Crippen molar-refractivity contribution in [2.75, 3.05) is 26.9 Å². The topological polar surface area (TPSA) is 30.5 Å². The molecule has 0 amide bonds. The van der Waals surface area contributed by atoms with Gasteiger partial charge >= 0.3 is 0 Å². The zero-order chi connectivity index (χ0) is 13.2. The number of hydrogen-bond donors (Lipinski definition) is 1. The summed E-state index contributed by atoms with van der Waals surface area (Å²) in [6, 6.07) is 8.11. The summed E-state index contributed by atoms with van der Waals surface area (Å²) in [6.45, 7) is 7.84. The van der Waals surface area contributed by atoms with E-state index in [2.05, 4.69) is 31.3 Å². The first kappa shape index (κ1) is 15.0. The number of benzene rings is 1. The molecule has 1 N–H and O–H groups in total. The molecule has 0 aliphatic heterocycles. The molecule has 0 atom stereocenters. The first-order chi connectivity index (χ1) is 8.72. The third-order valence-corrected chi connectivity index (χ3v) is 2.75. The van der Waals surface area contributed by atoms with E-state index in [0.717, 1.165) is 44.4 Å². The molecule has 0 saturated heterocycles. The second-order valence-corrected chi connectivity index (χ2v) is 4.82. The second-order valence-electron chi connectivity index (χ2n) is 4.82. The van der Waals surface area contributed by atoms with E-state index in [4.69, 9.17) is 9.47 Å². The van der Waals surface area contributed by atoms with Crippen molar-refractivity contribution in [1.29, 1.82) is 0 Å². The molecular formula is C15H25NO2. The van der Waals surface area contributed by atoms with Crippen LogP contribution in [0, 0.1) is 5.92 Å². The van der Waals surface area contributed by atoms with Crippen LogP contribution in [-0.4, -0.2) is 26.9 Å². The molecule has 3 nitrogen and oxygen atoms in total. The largest absolute Gasteiger partial charge is 0.497 e. The fourth-order valence-corrected chi connectivity index (χ4v) is 1.54. The van der Waals surface area contributed by atoms with Gasteiger partial charge in [0.15, 0.2) is 0 Å². The normalized spacial score (nSPS) is 10.9. The van der Waals surface area contributed by atoms with Crippen LogP contribution in [0.1, 0.15) is 25.8 Å². The van der Waals surface area contributed by atoms with Crippen LogP contribution >= 0.6 is 0 Å². The fraction of sp³-hybridized carbons (Fsp3) is 0.600. The third kappa shape index (κ3) is 6.62. The molecule has 0 aliphatic carbocycles. The van der Waals surface area contributed by atoms with Gasteiger partial charge in [0.25, 0.3) is 0 Å². The van der Waals surface area contributed by atoms with Crippen LogP contribution in [0.2, 0.25) is 0 Å². The zero-order valence-electron chi connectivity index (χ0n) is 11.7. The highest BCUT2D eigenvalue weighted by Crippen LogP contribution is 2.10. The molecule has 0 aromatic heterocycles. The van der Waals surface area contributed by atoms with Crippen molar-refractivity contribution < 1.29 is 9.47 Å². The van der Waals surface area contributed by atoms with Gasteiger partial charge in [-0.25, -0.2) is 0 Å². The lowest BCUT2D eigenvalue weighted by molar-refractivity contribution is 0.125. The standard InChI is InChI=1S/C15H25NO2/c1-13(2)8-10-18-11-9-16-12-14-4-6-15(17-3)7-5-14/h4-7,13,16H,8-12H2,1-3H3. The Balaban J connectivity index is 2.03. The molecule has 0 heterocycles. The second kappa shape index (κ2) is 8.95. The maximum atomic E-state index is 5.54. The molecule has 1 rings (SSSR count). The molecule has 0 aliphatic rings. The van der Waals surface area contributed by atoms with E-state index < -0.39 is 0 Å². The molecule has 0 bridgehead atoms. The minimum absolute atomic E-state index is 0.720. The monoisotopic (exact) mass is 251 g/mol. The van der Waals surface area contributed by atoms with Gasteiger partial charge in [-0.05, 0) is 30.0 Å². The Morgan fingerprint density at radius 2 is 1.83 bits per heavy atom. The molecule has 102 valence electrons. The molecule has 3 heteroatoms. The van der Waals surface area contributed by atoms with Crippen molar-refractivity contribution in [3.63, 3.8) is 0 Å². The van der Waals surface area contributed by atoms with Gasteiger partial charge in [0.2, 0.25) is 0 Å². The summed E-state index contributed by atoms with van der Waals surface area (Å²) in [4.78, 5) is 0. The highest BCUT2D eigenvalue weighted by molar-refractivity contribution is 5.26. The number of methoxy groups -OCH3 is 1. The number of hydrogen-bond acceptors (Lipinski definition) is 3. The Morgan fingerprint density at radius 3 is 2.44 bits per heavy atom. The van der Waals surface area contributed by atoms with Gasteiger partial charge in [0.05, 0.1) is 13.7 Å². The summed E-state index contributed by atoms with van der Waals surface area (Å²) in [6.07, 6.45) is 1.14. The molecule has 0 saturated carbocycles. The van der Waals surface area contributed by atoms with E-state index in [1.165, 1.54) is 5.56 Å². The van der Waals surface area contributed by atoms with E-state index >= 15 is 0 Å². The fourth-order valence-electron chi connectivity index (χ4n) is 1.54. The van der Waals surface area contributed by atoms with E-state index in [-0.39, 0.29) is 0 Å². The summed E-state index contributed by atoms with van der Waals surface area (Å²) in [5, 5.41) is 3.36. The van der Waals surface area contributed by atoms with Crippen LogP contribution < -0.4 is 10.1 Å². The predicted octanol–water partition coefficient (Wildman–Crippen LogP) is 2.85. The van der Waals surface area contributed by atoms with Crippen molar-refractivity contribution in [2.45, 2.75) is 26.8 Å². The zero-order valence-corrected chi connectivity index (χ0v) is 11.7. The van der Waals surface area contributed by atoms with Crippen molar-refractivity contribution in [1.82, 2.24) is 5.32 Å². The van der Waals surface area contributed by atoms with Crippen LogP contribution in [0.3, 0.4) is 0 Å². The minimum atomic E-state index is 0.720. The molecule has 0 unspecified atom stereocenters. The Labute approximate surface area is 110 Å². The smallest absolute Gasteiger partial charge is 0.118 e. The molecular weight excluding hydrogens is 226 g/mol. The minimum Gasteiger partial charge on any atom is -0.497 e.